The van der Waals surface area contributed by atoms with Crippen molar-refractivity contribution in [2.24, 2.45) is 0 Å². The maximum absolute atomic E-state index is 9.02. The normalized spacial score (nSPS) is 19.1. The molecule has 2 fully saturated rings. The van der Waals surface area contributed by atoms with E-state index in [1.807, 2.05) is 12.1 Å². The van der Waals surface area contributed by atoms with E-state index in [-0.39, 0.29) is 6.61 Å². The summed E-state index contributed by atoms with van der Waals surface area (Å²) in [5, 5.41) is 9.02. The second kappa shape index (κ2) is 7.54. The van der Waals surface area contributed by atoms with Crippen molar-refractivity contribution < 1.29 is 5.11 Å². The number of nitrogens with zero attached hydrogens (tertiary/aromatic N) is 5. The molecule has 2 aromatic rings. The highest BCUT2D eigenvalue weighted by Gasteiger charge is 2.25. The van der Waals surface area contributed by atoms with Crippen LogP contribution >= 0.6 is 0 Å². The molecule has 0 radical (unpaired) electrons. The lowest BCUT2D eigenvalue weighted by atomic mass is 10.2. The number of anilines is 2. The number of piperazine rings is 1. The van der Waals surface area contributed by atoms with Crippen molar-refractivity contribution in [1.82, 2.24) is 14.9 Å². The fraction of sp³-hybridized carbons (Fsp3) is 0.579. The maximum atomic E-state index is 9.02. The third-order valence-corrected chi connectivity index (χ3v) is 5.24. The quantitative estimate of drug-likeness (QED) is 0.894. The van der Waals surface area contributed by atoms with E-state index in [2.05, 4.69) is 26.8 Å². The van der Waals surface area contributed by atoms with E-state index < -0.39 is 0 Å². The molecular formula is C19H27N5O. The molecule has 1 aromatic heterocycles. The summed E-state index contributed by atoms with van der Waals surface area (Å²) in [6.45, 7) is 7.40. The van der Waals surface area contributed by atoms with Gasteiger partial charge in [0.05, 0.1) is 11.0 Å². The standard InChI is InChI=1S/C19H27N5O/c25-15-5-8-22-11-13-24(14-12-22)19-18(23-9-3-4-10-23)20-16-6-1-2-7-17(16)21-19/h1-2,6-7,25H,3-5,8-15H2. The molecule has 0 aliphatic carbocycles. The number of rotatable bonds is 5. The number of hydrogen-bond acceptors (Lipinski definition) is 6. The van der Waals surface area contributed by atoms with Gasteiger partial charge in [0.15, 0.2) is 11.6 Å². The minimum Gasteiger partial charge on any atom is -0.396 e. The fourth-order valence-corrected chi connectivity index (χ4v) is 3.81. The molecule has 4 rings (SSSR count). The first-order valence-electron chi connectivity index (χ1n) is 9.45. The molecule has 3 heterocycles. The molecule has 0 unspecified atom stereocenters. The largest absolute Gasteiger partial charge is 0.396 e. The van der Waals surface area contributed by atoms with Gasteiger partial charge in [0, 0.05) is 52.4 Å². The van der Waals surface area contributed by atoms with Crippen LogP contribution in [0, 0.1) is 0 Å². The average Bonchev–Trinajstić information content (AvgIpc) is 3.20. The highest BCUT2D eigenvalue weighted by Crippen LogP contribution is 2.31. The van der Waals surface area contributed by atoms with Crippen molar-refractivity contribution in [3.05, 3.63) is 24.3 Å². The lowest BCUT2D eigenvalue weighted by Crippen LogP contribution is -2.47. The zero-order valence-corrected chi connectivity index (χ0v) is 14.8. The molecule has 0 bridgehead atoms. The second-order valence-corrected chi connectivity index (χ2v) is 6.96. The minimum absolute atomic E-state index is 0.273. The SMILES string of the molecule is OCCCN1CCN(c2nc3ccccc3nc2N2CCCC2)CC1. The Morgan fingerprint density at radius 2 is 1.36 bits per heavy atom. The van der Waals surface area contributed by atoms with Crippen LogP contribution in [0.5, 0.6) is 0 Å². The molecule has 2 aliphatic heterocycles. The van der Waals surface area contributed by atoms with Gasteiger partial charge in [-0.25, -0.2) is 9.97 Å². The predicted octanol–water partition coefficient (Wildman–Crippen LogP) is 1.73. The van der Waals surface area contributed by atoms with Gasteiger partial charge in [-0.05, 0) is 31.4 Å². The van der Waals surface area contributed by atoms with Crippen molar-refractivity contribution in [2.45, 2.75) is 19.3 Å². The number of benzene rings is 1. The molecule has 1 aromatic carbocycles. The second-order valence-electron chi connectivity index (χ2n) is 6.96. The molecule has 0 atom stereocenters. The Morgan fingerprint density at radius 1 is 0.800 bits per heavy atom. The van der Waals surface area contributed by atoms with Crippen molar-refractivity contribution in [3.8, 4) is 0 Å². The molecule has 0 spiro atoms. The molecule has 2 saturated heterocycles. The van der Waals surface area contributed by atoms with Crippen LogP contribution in [0.15, 0.2) is 24.3 Å². The first kappa shape index (κ1) is 16.5. The van der Waals surface area contributed by atoms with Crippen LogP contribution < -0.4 is 9.80 Å². The van der Waals surface area contributed by atoms with Gasteiger partial charge in [-0.15, -0.1) is 0 Å². The van der Waals surface area contributed by atoms with Gasteiger partial charge < -0.3 is 14.9 Å². The molecule has 1 N–H and O–H groups in total. The van der Waals surface area contributed by atoms with Crippen molar-refractivity contribution in [3.63, 3.8) is 0 Å². The van der Waals surface area contributed by atoms with E-state index in [1.165, 1.54) is 12.8 Å². The van der Waals surface area contributed by atoms with Gasteiger partial charge >= 0.3 is 0 Å². The third kappa shape index (κ3) is 3.55. The number of para-hydroxylation sites is 2. The Kier molecular flexibility index (Phi) is 4.99. The molecule has 2 aliphatic rings. The topological polar surface area (TPSA) is 55.7 Å². The van der Waals surface area contributed by atoms with E-state index in [1.54, 1.807) is 0 Å². The summed E-state index contributed by atoms with van der Waals surface area (Å²) in [6.07, 6.45) is 3.33. The molecule has 6 heteroatoms. The van der Waals surface area contributed by atoms with Crippen LogP contribution in [0.2, 0.25) is 0 Å². The zero-order chi connectivity index (χ0) is 17.1. The van der Waals surface area contributed by atoms with Crippen LogP contribution in [0.25, 0.3) is 11.0 Å². The van der Waals surface area contributed by atoms with Crippen LogP contribution in [-0.2, 0) is 0 Å². The zero-order valence-electron chi connectivity index (χ0n) is 14.8. The Labute approximate surface area is 149 Å². The summed E-state index contributed by atoms with van der Waals surface area (Å²) in [4.78, 5) is 17.2. The number of aliphatic hydroxyl groups is 1. The molecular weight excluding hydrogens is 314 g/mol. The molecule has 25 heavy (non-hydrogen) atoms. The monoisotopic (exact) mass is 341 g/mol. The van der Waals surface area contributed by atoms with Gasteiger partial charge in [0.25, 0.3) is 0 Å². The van der Waals surface area contributed by atoms with Crippen LogP contribution in [0.1, 0.15) is 19.3 Å². The Hall–Kier alpha value is -1.92. The molecule has 6 nitrogen and oxygen atoms in total. The summed E-state index contributed by atoms with van der Waals surface area (Å²) in [5.74, 6) is 2.10. The van der Waals surface area contributed by atoms with Crippen molar-refractivity contribution >= 4 is 22.7 Å². The van der Waals surface area contributed by atoms with E-state index in [0.717, 1.165) is 74.9 Å². The summed E-state index contributed by atoms with van der Waals surface area (Å²) in [7, 11) is 0. The van der Waals surface area contributed by atoms with Crippen LogP contribution in [0.4, 0.5) is 11.6 Å². The third-order valence-electron chi connectivity index (χ3n) is 5.24. The summed E-state index contributed by atoms with van der Waals surface area (Å²) < 4.78 is 0. The highest BCUT2D eigenvalue weighted by molar-refractivity contribution is 5.81. The Morgan fingerprint density at radius 3 is 1.92 bits per heavy atom. The van der Waals surface area contributed by atoms with Gasteiger partial charge in [0.1, 0.15) is 0 Å². The molecule has 134 valence electrons. The Balaban J connectivity index is 1.60. The van der Waals surface area contributed by atoms with E-state index in [9.17, 15) is 0 Å². The smallest absolute Gasteiger partial charge is 0.172 e. The van der Waals surface area contributed by atoms with Crippen molar-refractivity contribution in [1.29, 1.82) is 0 Å². The van der Waals surface area contributed by atoms with Gasteiger partial charge in [0.2, 0.25) is 0 Å². The summed E-state index contributed by atoms with van der Waals surface area (Å²) in [6, 6.07) is 8.17. The van der Waals surface area contributed by atoms with Gasteiger partial charge in [-0.1, -0.05) is 12.1 Å². The van der Waals surface area contributed by atoms with Gasteiger partial charge in [-0.3, -0.25) is 4.90 Å². The van der Waals surface area contributed by atoms with E-state index in [4.69, 9.17) is 15.1 Å². The first-order chi connectivity index (χ1) is 12.3. The van der Waals surface area contributed by atoms with Crippen LogP contribution in [-0.4, -0.2) is 72.4 Å². The van der Waals surface area contributed by atoms with Crippen LogP contribution in [0.3, 0.4) is 0 Å². The predicted molar refractivity (Wildman–Crippen MR) is 101 cm³/mol. The molecule has 0 saturated carbocycles. The lowest BCUT2D eigenvalue weighted by Gasteiger charge is -2.36. The van der Waals surface area contributed by atoms with E-state index >= 15 is 0 Å². The summed E-state index contributed by atoms with van der Waals surface area (Å²) >= 11 is 0. The highest BCUT2D eigenvalue weighted by atomic mass is 16.3. The Bertz CT molecular complexity index is 708. The fourth-order valence-electron chi connectivity index (χ4n) is 3.81. The van der Waals surface area contributed by atoms with Crippen molar-refractivity contribution in [2.75, 3.05) is 62.2 Å². The number of hydrogen-bond donors (Lipinski definition) is 1. The summed E-state index contributed by atoms with van der Waals surface area (Å²) in [5.41, 5.74) is 1.96. The van der Waals surface area contributed by atoms with E-state index in [0.29, 0.717) is 0 Å². The maximum Gasteiger partial charge on any atom is 0.172 e. The molecule has 0 amide bonds. The number of aliphatic hydroxyl groups excluding tert-OH is 1. The minimum atomic E-state index is 0.273. The lowest BCUT2D eigenvalue weighted by molar-refractivity contribution is 0.215. The first-order valence-corrected chi connectivity index (χ1v) is 9.45. The average molecular weight is 341 g/mol. The number of fused-ring (bicyclic) bond motifs is 1. The van der Waals surface area contributed by atoms with Gasteiger partial charge in [-0.2, -0.15) is 0 Å². The number of aromatic nitrogens is 2.